The molecule has 1 aliphatic rings. The van der Waals surface area contributed by atoms with Crippen LogP contribution in [0.5, 0.6) is 17.2 Å². The van der Waals surface area contributed by atoms with Gasteiger partial charge in [-0.2, -0.15) is 0 Å². The maximum Gasteiger partial charge on any atom is 0.123 e. The van der Waals surface area contributed by atoms with Gasteiger partial charge >= 0.3 is 0 Å². The molecule has 3 aromatic carbocycles. The highest BCUT2D eigenvalue weighted by Crippen LogP contribution is 2.46. The number of phenols is 1. The molecule has 4 rings (SSSR count). The summed E-state index contributed by atoms with van der Waals surface area (Å²) < 4.78 is 11.4. The molecule has 26 heavy (non-hydrogen) atoms. The summed E-state index contributed by atoms with van der Waals surface area (Å²) in [5.74, 6) is 2.46. The third-order valence-electron chi connectivity index (χ3n) is 5.12. The molecule has 0 spiro atoms. The first kappa shape index (κ1) is 16.5. The van der Waals surface area contributed by atoms with Crippen LogP contribution in [-0.4, -0.2) is 18.8 Å². The highest BCUT2D eigenvalue weighted by molar-refractivity contribution is 5.50. The molecular formula is C23H22O3. The Hall–Kier alpha value is -2.94. The van der Waals surface area contributed by atoms with Gasteiger partial charge in [-0.15, -0.1) is 0 Å². The Morgan fingerprint density at radius 3 is 2.31 bits per heavy atom. The third kappa shape index (κ3) is 3.01. The van der Waals surface area contributed by atoms with Crippen molar-refractivity contribution in [3.8, 4) is 17.2 Å². The molecule has 3 aromatic rings. The molecule has 1 heterocycles. The van der Waals surface area contributed by atoms with Crippen molar-refractivity contribution in [2.45, 2.75) is 18.8 Å². The van der Waals surface area contributed by atoms with Crippen LogP contribution in [0.4, 0.5) is 0 Å². The first-order valence-electron chi connectivity index (χ1n) is 8.82. The largest absolute Gasteiger partial charge is 0.508 e. The summed E-state index contributed by atoms with van der Waals surface area (Å²) >= 11 is 0. The maximum absolute atomic E-state index is 9.64. The van der Waals surface area contributed by atoms with Crippen LogP contribution in [0.2, 0.25) is 0 Å². The molecule has 0 fully saturated rings. The van der Waals surface area contributed by atoms with Crippen molar-refractivity contribution in [3.63, 3.8) is 0 Å². The Kier molecular flexibility index (Phi) is 4.29. The maximum atomic E-state index is 9.64. The van der Waals surface area contributed by atoms with Crippen LogP contribution < -0.4 is 9.47 Å². The lowest BCUT2D eigenvalue weighted by Crippen LogP contribution is -2.25. The molecule has 0 saturated carbocycles. The molecule has 2 atom stereocenters. The normalized spacial score (nSPS) is 18.7. The second-order valence-electron chi connectivity index (χ2n) is 6.80. The van der Waals surface area contributed by atoms with Gasteiger partial charge in [0.05, 0.1) is 13.7 Å². The molecule has 1 N–H and O–H groups in total. The zero-order chi connectivity index (χ0) is 18.1. The number of methoxy groups -OCH3 is 1. The van der Waals surface area contributed by atoms with Gasteiger partial charge in [-0.25, -0.2) is 0 Å². The number of benzene rings is 3. The zero-order valence-electron chi connectivity index (χ0n) is 15.0. The van der Waals surface area contributed by atoms with E-state index < -0.39 is 0 Å². The van der Waals surface area contributed by atoms with Crippen LogP contribution in [0, 0.1) is 6.92 Å². The minimum Gasteiger partial charge on any atom is -0.508 e. The third-order valence-corrected chi connectivity index (χ3v) is 5.12. The second-order valence-corrected chi connectivity index (χ2v) is 6.80. The molecule has 0 aromatic heterocycles. The minimum absolute atomic E-state index is 0.180. The molecule has 0 aliphatic carbocycles. The Morgan fingerprint density at radius 2 is 1.62 bits per heavy atom. The van der Waals surface area contributed by atoms with Gasteiger partial charge in [0.2, 0.25) is 0 Å². The van der Waals surface area contributed by atoms with E-state index in [-0.39, 0.29) is 17.6 Å². The van der Waals surface area contributed by atoms with Gasteiger partial charge in [0.1, 0.15) is 17.2 Å². The summed E-state index contributed by atoms with van der Waals surface area (Å²) in [6.45, 7) is 2.69. The van der Waals surface area contributed by atoms with E-state index in [1.54, 1.807) is 19.2 Å². The second kappa shape index (κ2) is 6.75. The van der Waals surface area contributed by atoms with E-state index in [4.69, 9.17) is 9.47 Å². The number of phenolic OH excluding ortho intramolecular Hbond substituents is 1. The highest BCUT2D eigenvalue weighted by atomic mass is 16.5. The van der Waals surface area contributed by atoms with E-state index in [1.165, 1.54) is 16.7 Å². The highest BCUT2D eigenvalue weighted by Gasteiger charge is 2.33. The van der Waals surface area contributed by atoms with Gasteiger partial charge in [-0.05, 0) is 53.9 Å². The van der Waals surface area contributed by atoms with Crippen LogP contribution in [-0.2, 0) is 0 Å². The number of aromatic hydroxyl groups is 1. The average molecular weight is 346 g/mol. The van der Waals surface area contributed by atoms with E-state index in [0.717, 1.165) is 17.1 Å². The van der Waals surface area contributed by atoms with E-state index in [9.17, 15) is 5.11 Å². The van der Waals surface area contributed by atoms with Crippen LogP contribution in [0.15, 0.2) is 66.7 Å². The van der Waals surface area contributed by atoms with Crippen molar-refractivity contribution in [1.29, 1.82) is 0 Å². The first-order chi connectivity index (χ1) is 12.7. The van der Waals surface area contributed by atoms with Crippen LogP contribution in [0.3, 0.4) is 0 Å². The first-order valence-corrected chi connectivity index (χ1v) is 8.82. The van der Waals surface area contributed by atoms with Gasteiger partial charge in [0.25, 0.3) is 0 Å². The lowest BCUT2D eigenvalue weighted by atomic mass is 9.75. The molecule has 0 bridgehead atoms. The predicted octanol–water partition coefficient (Wildman–Crippen LogP) is 5.02. The Balaban J connectivity index is 1.82. The summed E-state index contributed by atoms with van der Waals surface area (Å²) in [6, 6.07) is 22.1. The molecule has 2 unspecified atom stereocenters. The smallest absolute Gasteiger partial charge is 0.123 e. The Bertz CT molecular complexity index is 898. The fraction of sp³-hybridized carbons (Fsp3) is 0.217. The molecule has 0 saturated heterocycles. The SMILES string of the molecule is COc1ccc(C2c3ccc(C)cc3OCC2c2ccc(O)cc2)cc1. The summed E-state index contributed by atoms with van der Waals surface area (Å²) in [4.78, 5) is 0. The number of ether oxygens (including phenoxy) is 2. The van der Waals surface area contributed by atoms with E-state index >= 15 is 0 Å². The van der Waals surface area contributed by atoms with Crippen LogP contribution in [0.25, 0.3) is 0 Å². The minimum atomic E-state index is 0.180. The Morgan fingerprint density at radius 1 is 0.923 bits per heavy atom. The molecular weight excluding hydrogens is 324 g/mol. The van der Waals surface area contributed by atoms with E-state index in [0.29, 0.717) is 6.61 Å². The molecule has 0 radical (unpaired) electrons. The van der Waals surface area contributed by atoms with Crippen molar-refractivity contribution < 1.29 is 14.6 Å². The summed E-state index contributed by atoms with van der Waals surface area (Å²) in [5, 5.41) is 9.64. The molecule has 3 nitrogen and oxygen atoms in total. The van der Waals surface area contributed by atoms with Gasteiger partial charge < -0.3 is 14.6 Å². The van der Waals surface area contributed by atoms with E-state index in [2.05, 4.69) is 37.3 Å². The fourth-order valence-electron chi connectivity index (χ4n) is 3.75. The molecule has 1 aliphatic heterocycles. The zero-order valence-corrected chi connectivity index (χ0v) is 15.0. The topological polar surface area (TPSA) is 38.7 Å². The fourth-order valence-corrected chi connectivity index (χ4v) is 3.75. The number of aryl methyl sites for hydroxylation is 1. The number of fused-ring (bicyclic) bond motifs is 1. The Labute approximate surface area is 153 Å². The number of hydrogen-bond donors (Lipinski definition) is 1. The van der Waals surface area contributed by atoms with Crippen molar-refractivity contribution >= 4 is 0 Å². The van der Waals surface area contributed by atoms with Crippen molar-refractivity contribution in [3.05, 3.63) is 89.0 Å². The average Bonchev–Trinajstić information content (AvgIpc) is 2.68. The lowest BCUT2D eigenvalue weighted by Gasteiger charge is -2.34. The van der Waals surface area contributed by atoms with Gasteiger partial charge in [0.15, 0.2) is 0 Å². The number of rotatable bonds is 3. The number of hydrogen-bond acceptors (Lipinski definition) is 3. The lowest BCUT2D eigenvalue weighted by molar-refractivity contribution is 0.248. The summed E-state index contributed by atoms with van der Waals surface area (Å²) in [7, 11) is 1.68. The summed E-state index contributed by atoms with van der Waals surface area (Å²) in [6.07, 6.45) is 0. The van der Waals surface area contributed by atoms with Gasteiger partial charge in [0, 0.05) is 17.4 Å². The molecule has 0 amide bonds. The standard InChI is InChI=1S/C23H22O3/c1-15-3-12-20-22(13-15)26-14-21(16-4-8-18(24)9-5-16)23(20)17-6-10-19(25-2)11-7-17/h3-13,21,23-24H,14H2,1-2H3. The van der Waals surface area contributed by atoms with Crippen molar-refractivity contribution in [2.24, 2.45) is 0 Å². The quantitative estimate of drug-likeness (QED) is 0.724. The molecule has 132 valence electrons. The summed E-state index contributed by atoms with van der Waals surface area (Å²) in [5.41, 5.74) is 4.79. The predicted molar refractivity (Wildman–Crippen MR) is 102 cm³/mol. The molecule has 3 heteroatoms. The monoisotopic (exact) mass is 346 g/mol. The van der Waals surface area contributed by atoms with Crippen molar-refractivity contribution in [2.75, 3.05) is 13.7 Å². The van der Waals surface area contributed by atoms with E-state index in [1.807, 2.05) is 24.3 Å². The van der Waals surface area contributed by atoms with Gasteiger partial charge in [-0.1, -0.05) is 36.4 Å². The van der Waals surface area contributed by atoms with Crippen LogP contribution in [0.1, 0.15) is 34.1 Å². The van der Waals surface area contributed by atoms with Gasteiger partial charge in [-0.3, -0.25) is 0 Å². The van der Waals surface area contributed by atoms with Crippen molar-refractivity contribution in [1.82, 2.24) is 0 Å². The van der Waals surface area contributed by atoms with Crippen LogP contribution >= 0.6 is 0 Å².